The van der Waals surface area contributed by atoms with Gasteiger partial charge >= 0.3 is 5.97 Å². The molecular weight excluding hydrogens is 235 g/mol. The summed E-state index contributed by atoms with van der Waals surface area (Å²) in [7, 11) is 0. The first-order chi connectivity index (χ1) is 8.30. The molecule has 0 fully saturated rings. The van der Waals surface area contributed by atoms with Gasteiger partial charge < -0.3 is 9.15 Å². The molecule has 1 heterocycles. The van der Waals surface area contributed by atoms with E-state index in [-0.39, 0.29) is 12.5 Å². The molecule has 4 heteroatoms. The van der Waals surface area contributed by atoms with Crippen molar-refractivity contribution < 1.29 is 18.3 Å². The van der Waals surface area contributed by atoms with Gasteiger partial charge in [-0.15, -0.1) is 0 Å². The number of rotatable bonds is 6. The van der Waals surface area contributed by atoms with Crippen LogP contribution in [-0.2, 0) is 16.1 Å². The second kappa shape index (κ2) is 6.03. The van der Waals surface area contributed by atoms with E-state index in [0.29, 0.717) is 12.2 Å². The van der Waals surface area contributed by atoms with Crippen LogP contribution in [0.3, 0.4) is 0 Å². The van der Waals surface area contributed by atoms with Gasteiger partial charge in [0.1, 0.15) is 18.0 Å². The molecule has 3 nitrogen and oxygen atoms in total. The third kappa shape index (κ3) is 4.51. The van der Waals surface area contributed by atoms with Crippen LogP contribution in [0.2, 0.25) is 0 Å². The molecule has 1 aromatic heterocycles. The highest BCUT2D eigenvalue weighted by Crippen LogP contribution is 2.29. The first kappa shape index (κ1) is 14.7. The van der Waals surface area contributed by atoms with Gasteiger partial charge in [-0.2, -0.15) is 0 Å². The number of hydrogen-bond donors (Lipinski definition) is 0. The van der Waals surface area contributed by atoms with E-state index in [1.165, 1.54) is 20.1 Å². The van der Waals surface area contributed by atoms with Crippen LogP contribution in [0.5, 0.6) is 0 Å². The number of halogens is 1. The van der Waals surface area contributed by atoms with Gasteiger partial charge in [-0.3, -0.25) is 4.79 Å². The van der Waals surface area contributed by atoms with Crippen LogP contribution >= 0.6 is 0 Å². The molecule has 0 bridgehead atoms. The van der Waals surface area contributed by atoms with Crippen molar-refractivity contribution in [3.05, 3.63) is 24.2 Å². The number of furan rings is 1. The average Bonchev–Trinajstić information content (AvgIpc) is 2.73. The Labute approximate surface area is 107 Å². The van der Waals surface area contributed by atoms with E-state index >= 15 is 0 Å². The minimum absolute atomic E-state index is 0.0521. The minimum atomic E-state index is -1.58. The second-order valence-electron chi connectivity index (χ2n) is 5.43. The monoisotopic (exact) mass is 256 g/mol. The van der Waals surface area contributed by atoms with Crippen molar-refractivity contribution in [3.8, 4) is 0 Å². The predicted molar refractivity (Wildman–Crippen MR) is 66.6 cm³/mol. The molecule has 0 saturated heterocycles. The lowest BCUT2D eigenvalue weighted by Crippen LogP contribution is -2.35. The Hall–Kier alpha value is -1.32. The zero-order valence-electron chi connectivity index (χ0n) is 11.4. The molecule has 18 heavy (non-hydrogen) atoms. The minimum Gasteiger partial charge on any atom is -0.466 e. The van der Waals surface area contributed by atoms with Crippen molar-refractivity contribution in [1.82, 2.24) is 0 Å². The Morgan fingerprint density at radius 1 is 1.50 bits per heavy atom. The molecule has 1 atom stereocenters. The van der Waals surface area contributed by atoms with E-state index < -0.39 is 17.6 Å². The fourth-order valence-corrected chi connectivity index (χ4v) is 1.77. The van der Waals surface area contributed by atoms with E-state index in [4.69, 9.17) is 9.15 Å². The Morgan fingerprint density at radius 2 is 2.17 bits per heavy atom. The van der Waals surface area contributed by atoms with Gasteiger partial charge in [-0.05, 0) is 38.3 Å². The average molecular weight is 256 g/mol. The summed E-state index contributed by atoms with van der Waals surface area (Å²) in [5.74, 6) is -0.454. The van der Waals surface area contributed by atoms with Crippen molar-refractivity contribution in [2.45, 2.75) is 46.4 Å². The molecule has 0 N–H and O–H groups in total. The quantitative estimate of drug-likeness (QED) is 0.728. The smallest absolute Gasteiger partial charge is 0.312 e. The molecule has 0 aliphatic rings. The molecule has 0 aliphatic carbocycles. The summed E-state index contributed by atoms with van der Waals surface area (Å²) in [6.45, 7) is 6.79. The third-order valence-electron chi connectivity index (χ3n) is 2.76. The highest BCUT2D eigenvalue weighted by Gasteiger charge is 2.37. The summed E-state index contributed by atoms with van der Waals surface area (Å²) >= 11 is 0. The van der Waals surface area contributed by atoms with Crippen LogP contribution in [0.4, 0.5) is 4.39 Å². The van der Waals surface area contributed by atoms with Gasteiger partial charge in [0.05, 0.1) is 12.2 Å². The largest absolute Gasteiger partial charge is 0.466 e. The Kier molecular flexibility index (Phi) is 4.93. The summed E-state index contributed by atoms with van der Waals surface area (Å²) in [4.78, 5) is 11.9. The number of hydrogen-bond acceptors (Lipinski definition) is 3. The summed E-state index contributed by atoms with van der Waals surface area (Å²) in [5, 5.41) is 0. The first-order valence-electron chi connectivity index (χ1n) is 6.18. The molecule has 1 aromatic rings. The van der Waals surface area contributed by atoms with E-state index in [1.54, 1.807) is 12.1 Å². The molecule has 0 aromatic carbocycles. The van der Waals surface area contributed by atoms with Gasteiger partial charge in [-0.1, -0.05) is 13.8 Å². The van der Waals surface area contributed by atoms with Gasteiger partial charge in [0.25, 0.3) is 0 Å². The van der Waals surface area contributed by atoms with E-state index in [9.17, 15) is 9.18 Å². The molecule has 0 radical (unpaired) electrons. The number of carbonyl (C=O) groups is 1. The Bertz CT molecular complexity index is 363. The molecule has 0 saturated carbocycles. The van der Waals surface area contributed by atoms with Gasteiger partial charge in [-0.25, -0.2) is 4.39 Å². The summed E-state index contributed by atoms with van der Waals surface area (Å²) in [6, 6.07) is 3.43. The highest BCUT2D eigenvalue weighted by molar-refractivity contribution is 5.73. The van der Waals surface area contributed by atoms with Crippen molar-refractivity contribution in [2.75, 3.05) is 0 Å². The van der Waals surface area contributed by atoms with E-state index in [1.807, 2.05) is 13.8 Å². The molecule has 0 aliphatic heterocycles. The van der Waals surface area contributed by atoms with Crippen LogP contribution < -0.4 is 0 Å². The van der Waals surface area contributed by atoms with Gasteiger partial charge in [0.2, 0.25) is 0 Å². The summed E-state index contributed by atoms with van der Waals surface area (Å²) in [5.41, 5.74) is -1.58. The second-order valence-corrected chi connectivity index (χ2v) is 5.43. The molecular formula is C14H21FO3. The van der Waals surface area contributed by atoms with Crippen LogP contribution in [0.15, 0.2) is 22.8 Å². The molecule has 102 valence electrons. The normalized spacial score (nSPS) is 13.7. The topological polar surface area (TPSA) is 39.4 Å². The molecule has 1 rings (SSSR count). The fraction of sp³-hybridized carbons (Fsp3) is 0.643. The molecule has 1 unspecified atom stereocenters. The standard InChI is InChI=1S/C14H21FO3/c1-10(2)8-12(14(3,4)15)13(16)18-9-11-6-5-7-17-11/h5-7,10,12H,8-9H2,1-4H3. The maximum Gasteiger partial charge on any atom is 0.312 e. The van der Waals surface area contributed by atoms with Crippen LogP contribution in [-0.4, -0.2) is 11.6 Å². The van der Waals surface area contributed by atoms with Crippen molar-refractivity contribution in [1.29, 1.82) is 0 Å². The number of carbonyl (C=O) groups excluding carboxylic acids is 1. The van der Waals surface area contributed by atoms with Gasteiger partial charge in [0, 0.05) is 0 Å². The van der Waals surface area contributed by atoms with Crippen LogP contribution in [0.1, 0.15) is 39.9 Å². The third-order valence-corrected chi connectivity index (χ3v) is 2.76. The SMILES string of the molecule is CC(C)CC(C(=O)OCc1ccco1)C(C)(C)F. The van der Waals surface area contributed by atoms with Crippen LogP contribution in [0, 0.1) is 11.8 Å². The number of ether oxygens (including phenoxy) is 1. The van der Waals surface area contributed by atoms with Crippen molar-refractivity contribution in [2.24, 2.45) is 11.8 Å². The lowest BCUT2D eigenvalue weighted by molar-refractivity contribution is -0.156. The van der Waals surface area contributed by atoms with E-state index in [0.717, 1.165) is 0 Å². The fourth-order valence-electron chi connectivity index (χ4n) is 1.77. The Balaban J connectivity index is 2.59. The van der Waals surface area contributed by atoms with Crippen molar-refractivity contribution in [3.63, 3.8) is 0 Å². The lowest BCUT2D eigenvalue weighted by atomic mass is 9.85. The van der Waals surface area contributed by atoms with Gasteiger partial charge in [0.15, 0.2) is 0 Å². The number of esters is 1. The first-order valence-corrected chi connectivity index (χ1v) is 6.18. The van der Waals surface area contributed by atoms with E-state index in [2.05, 4.69) is 0 Å². The Morgan fingerprint density at radius 3 is 2.61 bits per heavy atom. The maximum atomic E-state index is 14.0. The number of alkyl halides is 1. The summed E-state index contributed by atoms with van der Waals surface area (Å²) < 4.78 is 24.2. The lowest BCUT2D eigenvalue weighted by Gasteiger charge is -2.26. The summed E-state index contributed by atoms with van der Waals surface area (Å²) in [6.07, 6.45) is 1.98. The van der Waals surface area contributed by atoms with Crippen LogP contribution in [0.25, 0.3) is 0 Å². The molecule has 0 spiro atoms. The highest BCUT2D eigenvalue weighted by atomic mass is 19.1. The zero-order valence-corrected chi connectivity index (χ0v) is 11.4. The zero-order chi connectivity index (χ0) is 13.8. The maximum absolute atomic E-state index is 14.0. The van der Waals surface area contributed by atoms with Crippen molar-refractivity contribution >= 4 is 5.97 Å². The predicted octanol–water partition coefficient (Wildman–Crippen LogP) is 3.73. The molecule has 0 amide bonds.